The van der Waals surface area contributed by atoms with E-state index in [1.165, 1.54) is 0 Å². The van der Waals surface area contributed by atoms with E-state index in [-0.39, 0.29) is 5.56 Å². The van der Waals surface area contributed by atoms with Crippen molar-refractivity contribution in [1.82, 2.24) is 14.8 Å². The average Bonchev–Trinajstić information content (AvgIpc) is 2.62. The van der Waals surface area contributed by atoms with Crippen LogP contribution in [0.2, 0.25) is 25.7 Å². The molecule has 1 N–H and O–H groups in total. The number of rotatable bonds is 5. The minimum atomic E-state index is -1.06. The molecule has 0 radical (unpaired) electrons. The van der Waals surface area contributed by atoms with Gasteiger partial charge in [0.15, 0.2) is 0 Å². The topological polar surface area (TPSA) is 59.9 Å². The predicted molar refractivity (Wildman–Crippen MR) is 87.2 cm³/mol. The van der Waals surface area contributed by atoms with Crippen molar-refractivity contribution in [3.8, 4) is 0 Å². The molecular formula is C12H18IN3O2Si. The second-order valence-corrected chi connectivity index (χ2v) is 12.5. The minimum Gasteiger partial charge on any atom is -0.361 e. The first-order chi connectivity index (χ1) is 8.88. The summed E-state index contributed by atoms with van der Waals surface area (Å²) in [6.45, 7) is 8.22. The zero-order valence-electron chi connectivity index (χ0n) is 11.4. The van der Waals surface area contributed by atoms with E-state index < -0.39 is 8.07 Å². The third-order valence-corrected chi connectivity index (χ3v) is 5.50. The van der Waals surface area contributed by atoms with Crippen molar-refractivity contribution < 1.29 is 4.74 Å². The van der Waals surface area contributed by atoms with Gasteiger partial charge in [0.05, 0.1) is 20.8 Å². The van der Waals surface area contributed by atoms with Gasteiger partial charge >= 0.3 is 0 Å². The number of H-pyrrole nitrogens is 1. The van der Waals surface area contributed by atoms with Gasteiger partial charge in [0.25, 0.3) is 5.56 Å². The molecule has 0 spiro atoms. The number of aromatic nitrogens is 3. The van der Waals surface area contributed by atoms with Crippen LogP contribution in [-0.4, -0.2) is 29.4 Å². The first-order valence-corrected chi connectivity index (χ1v) is 11.0. The molecule has 2 aromatic rings. The summed E-state index contributed by atoms with van der Waals surface area (Å²) in [4.78, 5) is 11.6. The highest BCUT2D eigenvalue weighted by molar-refractivity contribution is 14.1. The molecule has 2 heterocycles. The zero-order chi connectivity index (χ0) is 14.0. The zero-order valence-corrected chi connectivity index (χ0v) is 14.5. The van der Waals surface area contributed by atoms with Gasteiger partial charge in [-0.3, -0.25) is 4.79 Å². The predicted octanol–water partition coefficient (Wildman–Crippen LogP) is 2.64. The molecule has 2 rings (SSSR count). The van der Waals surface area contributed by atoms with Crippen LogP contribution in [0, 0.1) is 3.70 Å². The molecule has 7 heteroatoms. The van der Waals surface area contributed by atoms with Gasteiger partial charge in [-0.25, -0.2) is 5.10 Å². The molecule has 0 amide bonds. The maximum Gasteiger partial charge on any atom is 0.273 e. The Bertz CT molecular complexity index is 630. The van der Waals surface area contributed by atoms with E-state index in [4.69, 9.17) is 4.74 Å². The number of hydrogen-bond donors (Lipinski definition) is 1. The van der Waals surface area contributed by atoms with E-state index in [1.54, 1.807) is 6.20 Å². The highest BCUT2D eigenvalue weighted by Crippen LogP contribution is 2.17. The Hall–Kier alpha value is -0.673. The summed E-state index contributed by atoms with van der Waals surface area (Å²) in [5, 5.41) is 6.95. The van der Waals surface area contributed by atoms with Crippen molar-refractivity contribution in [2.75, 3.05) is 6.61 Å². The lowest BCUT2D eigenvalue weighted by atomic mass is 10.4. The summed E-state index contributed by atoms with van der Waals surface area (Å²) in [5.41, 5.74) is 0.664. The number of aromatic amines is 1. The Morgan fingerprint density at radius 2 is 2.21 bits per heavy atom. The molecule has 19 heavy (non-hydrogen) atoms. The van der Waals surface area contributed by atoms with Gasteiger partial charge in [-0.05, 0) is 34.7 Å². The van der Waals surface area contributed by atoms with Crippen LogP contribution in [0.4, 0.5) is 0 Å². The van der Waals surface area contributed by atoms with Gasteiger partial charge in [-0.2, -0.15) is 5.10 Å². The highest BCUT2D eigenvalue weighted by Gasteiger charge is 2.13. The Morgan fingerprint density at radius 3 is 2.89 bits per heavy atom. The van der Waals surface area contributed by atoms with Gasteiger partial charge in [-0.1, -0.05) is 19.6 Å². The minimum absolute atomic E-state index is 0.156. The standard InChI is InChI=1S/C12H18IN3O2Si/c1-19(2,3)5-4-18-8-16-10-7-14-15-12(17)9(10)6-11(16)13/h6-7H,4-5,8H2,1-3H3,(H,15,17). The second kappa shape index (κ2) is 5.76. The SMILES string of the molecule is C[Si](C)(C)CCOCn1c(I)cc2c(=O)[nH]ncc21. The van der Waals surface area contributed by atoms with Crippen molar-refractivity contribution in [3.63, 3.8) is 0 Å². The number of fused-ring (bicyclic) bond motifs is 1. The summed E-state index contributed by atoms with van der Waals surface area (Å²) >= 11 is 2.21. The monoisotopic (exact) mass is 391 g/mol. The maximum atomic E-state index is 11.6. The number of ether oxygens (including phenoxy) is 1. The van der Waals surface area contributed by atoms with Crippen LogP contribution in [-0.2, 0) is 11.5 Å². The molecular weight excluding hydrogens is 373 g/mol. The van der Waals surface area contributed by atoms with Crippen LogP contribution in [0.25, 0.3) is 10.9 Å². The first-order valence-electron chi connectivity index (χ1n) is 6.19. The quantitative estimate of drug-likeness (QED) is 0.484. The van der Waals surface area contributed by atoms with E-state index in [0.29, 0.717) is 12.1 Å². The molecule has 0 saturated carbocycles. The third-order valence-electron chi connectivity index (χ3n) is 2.90. The molecule has 0 saturated heterocycles. The van der Waals surface area contributed by atoms with Gasteiger partial charge < -0.3 is 9.30 Å². The molecule has 0 atom stereocenters. The van der Waals surface area contributed by atoms with Crippen molar-refractivity contribution >= 4 is 41.6 Å². The summed E-state index contributed by atoms with van der Waals surface area (Å²) in [5.74, 6) is 0. The highest BCUT2D eigenvalue weighted by atomic mass is 127. The van der Waals surface area contributed by atoms with Crippen LogP contribution < -0.4 is 5.56 Å². The summed E-state index contributed by atoms with van der Waals surface area (Å²) in [6, 6.07) is 3.00. The fraction of sp³-hybridized carbons (Fsp3) is 0.500. The molecule has 2 aromatic heterocycles. The fourth-order valence-corrected chi connectivity index (χ4v) is 3.20. The smallest absolute Gasteiger partial charge is 0.273 e. The molecule has 5 nitrogen and oxygen atoms in total. The molecule has 0 aliphatic heterocycles. The lowest BCUT2D eigenvalue weighted by Crippen LogP contribution is -2.22. The van der Waals surface area contributed by atoms with Gasteiger partial charge in [0.2, 0.25) is 0 Å². The van der Waals surface area contributed by atoms with Gasteiger partial charge in [0.1, 0.15) is 6.73 Å². The third kappa shape index (κ3) is 3.66. The fourth-order valence-electron chi connectivity index (χ4n) is 1.73. The van der Waals surface area contributed by atoms with Crippen molar-refractivity contribution in [2.45, 2.75) is 32.4 Å². The molecule has 0 aromatic carbocycles. The lowest BCUT2D eigenvalue weighted by Gasteiger charge is -2.16. The summed E-state index contributed by atoms with van der Waals surface area (Å²) in [7, 11) is -1.06. The Balaban J connectivity index is 2.11. The van der Waals surface area contributed by atoms with E-state index in [1.807, 2.05) is 10.6 Å². The normalized spacial score (nSPS) is 12.2. The largest absolute Gasteiger partial charge is 0.361 e. The number of nitrogens with one attached hydrogen (secondary N) is 1. The molecule has 0 unspecified atom stereocenters. The van der Waals surface area contributed by atoms with E-state index >= 15 is 0 Å². The Labute approximate surface area is 126 Å². The van der Waals surface area contributed by atoms with E-state index in [0.717, 1.165) is 21.9 Å². The average molecular weight is 391 g/mol. The molecule has 0 bridgehead atoms. The van der Waals surface area contributed by atoms with Crippen LogP contribution in [0.3, 0.4) is 0 Å². The number of nitrogens with zero attached hydrogens (tertiary/aromatic N) is 2. The van der Waals surface area contributed by atoms with Crippen molar-refractivity contribution in [1.29, 1.82) is 0 Å². The lowest BCUT2D eigenvalue weighted by molar-refractivity contribution is 0.0886. The van der Waals surface area contributed by atoms with Crippen molar-refractivity contribution in [2.24, 2.45) is 0 Å². The summed E-state index contributed by atoms with van der Waals surface area (Å²) in [6.07, 6.45) is 1.67. The second-order valence-electron chi connectivity index (χ2n) is 5.74. The molecule has 104 valence electrons. The first kappa shape index (κ1) is 14.7. The van der Waals surface area contributed by atoms with Crippen molar-refractivity contribution in [3.05, 3.63) is 26.3 Å². The van der Waals surface area contributed by atoms with Gasteiger partial charge in [0, 0.05) is 14.7 Å². The van der Waals surface area contributed by atoms with Crippen LogP contribution >= 0.6 is 22.6 Å². The molecule has 0 fully saturated rings. The summed E-state index contributed by atoms with van der Waals surface area (Å²) < 4.78 is 8.70. The van der Waals surface area contributed by atoms with Crippen LogP contribution in [0.15, 0.2) is 17.1 Å². The van der Waals surface area contributed by atoms with E-state index in [2.05, 4.69) is 52.4 Å². The van der Waals surface area contributed by atoms with Crippen LogP contribution in [0.5, 0.6) is 0 Å². The van der Waals surface area contributed by atoms with Crippen LogP contribution in [0.1, 0.15) is 0 Å². The Kier molecular flexibility index (Phi) is 4.46. The number of halogens is 1. The maximum absolute atomic E-state index is 11.6. The molecule has 0 aliphatic carbocycles. The number of hydrogen-bond acceptors (Lipinski definition) is 3. The molecule has 0 aliphatic rings. The van der Waals surface area contributed by atoms with Gasteiger partial charge in [-0.15, -0.1) is 0 Å². The Morgan fingerprint density at radius 1 is 1.47 bits per heavy atom. The van der Waals surface area contributed by atoms with E-state index in [9.17, 15) is 4.79 Å².